The first kappa shape index (κ1) is 15.4. The van der Waals surface area contributed by atoms with E-state index in [1.165, 1.54) is 45.0 Å². The molecule has 1 atom stereocenters. The van der Waals surface area contributed by atoms with E-state index in [0.29, 0.717) is 11.1 Å². The molecule has 2 heterocycles. The van der Waals surface area contributed by atoms with Gasteiger partial charge in [0.05, 0.1) is 18.2 Å². The first-order valence-corrected chi connectivity index (χ1v) is 6.29. The summed E-state index contributed by atoms with van der Waals surface area (Å²) in [6, 6.07) is 1.46. The smallest absolute Gasteiger partial charge is 0.339 e. The molecule has 0 saturated carbocycles. The second-order valence-electron chi connectivity index (χ2n) is 4.60. The van der Waals surface area contributed by atoms with Gasteiger partial charge in [-0.25, -0.2) is 19.7 Å². The van der Waals surface area contributed by atoms with Crippen molar-refractivity contribution in [3.63, 3.8) is 0 Å². The van der Waals surface area contributed by atoms with Crippen LogP contribution >= 0.6 is 0 Å². The Morgan fingerprint density at radius 3 is 2.68 bits per heavy atom. The highest BCUT2D eigenvalue weighted by Crippen LogP contribution is 2.18. The van der Waals surface area contributed by atoms with Crippen molar-refractivity contribution in [3.8, 4) is 11.8 Å². The number of aromatic nitrogens is 3. The predicted octanol–water partition coefficient (Wildman–Crippen LogP) is 0.500. The van der Waals surface area contributed by atoms with Crippen molar-refractivity contribution in [1.29, 1.82) is 0 Å². The Bertz CT molecular complexity index is 748. The average molecular weight is 298 g/mol. The molecule has 0 spiro atoms. The maximum atomic E-state index is 11.5. The number of anilines is 1. The molecule has 0 aliphatic carbocycles. The molecule has 0 saturated heterocycles. The number of nitrogens with zero attached hydrogens (tertiary/aromatic N) is 3. The monoisotopic (exact) mass is 298 g/mol. The second-order valence-corrected chi connectivity index (χ2v) is 4.60. The Kier molecular flexibility index (Phi) is 4.34. The first-order chi connectivity index (χ1) is 10.4. The van der Waals surface area contributed by atoms with Gasteiger partial charge >= 0.3 is 5.97 Å². The summed E-state index contributed by atoms with van der Waals surface area (Å²) in [6.45, 7) is 1.51. The molecule has 0 radical (unpaired) electrons. The van der Waals surface area contributed by atoms with Crippen LogP contribution in [-0.4, -0.2) is 33.1 Å². The minimum Gasteiger partial charge on any atom is -0.465 e. The summed E-state index contributed by atoms with van der Waals surface area (Å²) in [5.74, 6) is 5.00. The number of nitrogens with two attached hydrogens (primary N) is 1. The highest BCUT2D eigenvalue weighted by atomic mass is 16.5. The summed E-state index contributed by atoms with van der Waals surface area (Å²) in [5, 5.41) is 10.4. The molecule has 112 valence electrons. The summed E-state index contributed by atoms with van der Waals surface area (Å²) in [5.41, 5.74) is 5.25. The van der Waals surface area contributed by atoms with Gasteiger partial charge < -0.3 is 15.6 Å². The van der Waals surface area contributed by atoms with E-state index in [2.05, 4.69) is 31.5 Å². The number of hydrogen-bond acceptors (Lipinski definition) is 7. The van der Waals surface area contributed by atoms with Crippen LogP contribution in [0.25, 0.3) is 0 Å². The van der Waals surface area contributed by atoms with E-state index in [1.54, 1.807) is 0 Å². The van der Waals surface area contributed by atoms with Crippen molar-refractivity contribution in [1.82, 2.24) is 15.0 Å². The molecule has 0 aliphatic rings. The van der Waals surface area contributed by atoms with Crippen LogP contribution in [-0.2, 0) is 10.3 Å². The van der Waals surface area contributed by atoms with Gasteiger partial charge in [-0.1, -0.05) is 11.8 Å². The number of ether oxygens (including phenoxy) is 1. The Balaban J connectivity index is 2.37. The maximum Gasteiger partial charge on any atom is 0.339 e. The molecular formula is C15H14N4O3. The van der Waals surface area contributed by atoms with Gasteiger partial charge in [-0.2, -0.15) is 0 Å². The summed E-state index contributed by atoms with van der Waals surface area (Å²) in [6.07, 6.45) is 5.59. The number of nitrogen functional groups attached to an aromatic ring is 1. The zero-order valence-corrected chi connectivity index (χ0v) is 12.1. The van der Waals surface area contributed by atoms with Gasteiger partial charge in [-0.3, -0.25) is 0 Å². The SMILES string of the molecule is COC(=O)c1cnc(N)c(C#CC(C)(O)c2cncnc2)c1. The van der Waals surface area contributed by atoms with Crippen LogP contribution in [0.4, 0.5) is 5.82 Å². The maximum absolute atomic E-state index is 11.5. The molecule has 2 rings (SSSR count). The highest BCUT2D eigenvalue weighted by molar-refractivity contribution is 5.89. The fourth-order valence-electron chi connectivity index (χ4n) is 1.62. The molecule has 2 aromatic rings. The third kappa shape index (κ3) is 3.37. The molecule has 0 bridgehead atoms. The average Bonchev–Trinajstić information content (AvgIpc) is 2.54. The number of pyridine rings is 1. The molecule has 1 unspecified atom stereocenters. The standard InChI is InChI=1S/C15H14N4O3/c1-15(21,12-7-17-9-18-8-12)4-3-10-5-11(14(20)22-2)6-19-13(10)16/h5-9,21H,1-2H3,(H2,16,19). The van der Waals surface area contributed by atoms with Gasteiger partial charge in [0.15, 0.2) is 5.60 Å². The first-order valence-electron chi connectivity index (χ1n) is 6.29. The lowest BCUT2D eigenvalue weighted by Crippen LogP contribution is -2.19. The minimum absolute atomic E-state index is 0.153. The van der Waals surface area contributed by atoms with E-state index in [1.807, 2.05) is 0 Å². The van der Waals surface area contributed by atoms with Crippen molar-refractivity contribution in [2.75, 3.05) is 12.8 Å². The molecule has 7 nitrogen and oxygen atoms in total. The molecule has 0 aliphatic heterocycles. The van der Waals surface area contributed by atoms with Crippen molar-refractivity contribution >= 4 is 11.8 Å². The topological polar surface area (TPSA) is 111 Å². The van der Waals surface area contributed by atoms with E-state index in [0.717, 1.165) is 0 Å². The van der Waals surface area contributed by atoms with Crippen LogP contribution in [0, 0.1) is 11.8 Å². The number of hydrogen-bond donors (Lipinski definition) is 2. The number of esters is 1. The minimum atomic E-state index is -1.46. The van der Waals surface area contributed by atoms with Crippen molar-refractivity contribution in [3.05, 3.63) is 47.7 Å². The third-order valence-electron chi connectivity index (χ3n) is 2.90. The zero-order chi connectivity index (χ0) is 16.2. The Hall–Kier alpha value is -2.98. The number of carbonyl (C=O) groups is 1. The zero-order valence-electron chi connectivity index (χ0n) is 12.1. The normalized spacial score (nSPS) is 12.7. The van der Waals surface area contributed by atoms with E-state index in [-0.39, 0.29) is 11.4 Å². The van der Waals surface area contributed by atoms with Gasteiger partial charge in [0, 0.05) is 24.2 Å². The van der Waals surface area contributed by atoms with E-state index in [9.17, 15) is 9.90 Å². The van der Waals surface area contributed by atoms with Gasteiger partial charge in [0.25, 0.3) is 0 Å². The molecule has 7 heteroatoms. The molecular weight excluding hydrogens is 284 g/mol. The number of rotatable bonds is 2. The summed E-state index contributed by atoms with van der Waals surface area (Å²) in [7, 11) is 1.27. The molecule has 0 aromatic carbocycles. The fourth-order valence-corrected chi connectivity index (χ4v) is 1.62. The number of methoxy groups -OCH3 is 1. The van der Waals surface area contributed by atoms with Gasteiger partial charge in [-0.15, -0.1) is 0 Å². The lowest BCUT2D eigenvalue weighted by atomic mass is 9.99. The summed E-state index contributed by atoms with van der Waals surface area (Å²) in [4.78, 5) is 23.0. The van der Waals surface area contributed by atoms with Crippen LogP contribution in [0.5, 0.6) is 0 Å². The van der Waals surface area contributed by atoms with Gasteiger partial charge in [0.2, 0.25) is 0 Å². The number of carbonyl (C=O) groups excluding carboxylic acids is 1. The molecule has 0 amide bonds. The quantitative estimate of drug-likeness (QED) is 0.613. The Morgan fingerprint density at radius 1 is 1.36 bits per heavy atom. The van der Waals surface area contributed by atoms with Gasteiger partial charge in [-0.05, 0) is 13.0 Å². The van der Waals surface area contributed by atoms with Crippen molar-refractivity contribution in [2.45, 2.75) is 12.5 Å². The van der Waals surface area contributed by atoms with Crippen LogP contribution in [0.3, 0.4) is 0 Å². The Labute approximate surface area is 127 Å². The van der Waals surface area contributed by atoms with E-state index < -0.39 is 11.6 Å². The van der Waals surface area contributed by atoms with E-state index in [4.69, 9.17) is 5.73 Å². The summed E-state index contributed by atoms with van der Waals surface area (Å²) < 4.78 is 4.61. The van der Waals surface area contributed by atoms with Crippen LogP contribution in [0.2, 0.25) is 0 Å². The molecule has 3 N–H and O–H groups in total. The van der Waals surface area contributed by atoms with Crippen LogP contribution in [0.15, 0.2) is 31.0 Å². The Morgan fingerprint density at radius 2 is 2.05 bits per heavy atom. The summed E-state index contributed by atoms with van der Waals surface area (Å²) >= 11 is 0. The molecule has 0 fully saturated rings. The van der Waals surface area contributed by atoms with Crippen LogP contribution < -0.4 is 5.73 Å². The molecule has 22 heavy (non-hydrogen) atoms. The lowest BCUT2D eigenvalue weighted by molar-refractivity contribution is 0.0600. The lowest BCUT2D eigenvalue weighted by Gasteiger charge is -2.15. The largest absolute Gasteiger partial charge is 0.465 e. The third-order valence-corrected chi connectivity index (χ3v) is 2.90. The predicted molar refractivity (Wildman–Crippen MR) is 78.5 cm³/mol. The van der Waals surface area contributed by atoms with Crippen LogP contribution in [0.1, 0.15) is 28.4 Å². The van der Waals surface area contributed by atoms with E-state index >= 15 is 0 Å². The van der Waals surface area contributed by atoms with Crippen molar-refractivity contribution in [2.24, 2.45) is 0 Å². The fraction of sp³-hybridized carbons (Fsp3) is 0.200. The van der Waals surface area contributed by atoms with Crippen molar-refractivity contribution < 1.29 is 14.6 Å². The second kappa shape index (κ2) is 6.20. The van der Waals surface area contributed by atoms with Gasteiger partial charge in [0.1, 0.15) is 12.1 Å². The highest BCUT2D eigenvalue weighted by Gasteiger charge is 2.20. The molecule has 2 aromatic heterocycles. The number of aliphatic hydroxyl groups is 1.